The largest absolute Gasteiger partial charge is 0.336 e. The Morgan fingerprint density at radius 1 is 1.70 bits per heavy atom. The van der Waals surface area contributed by atoms with Crippen molar-refractivity contribution in [2.45, 2.75) is 6.42 Å². The van der Waals surface area contributed by atoms with E-state index in [0.29, 0.717) is 19.5 Å². The third-order valence-corrected chi connectivity index (χ3v) is 1.51. The van der Waals surface area contributed by atoms with Crippen LogP contribution in [0.5, 0.6) is 0 Å². The van der Waals surface area contributed by atoms with Crippen LogP contribution < -0.4 is 5.32 Å². The molecule has 0 bridgehead atoms. The molecule has 58 valence electrons. The monoisotopic (exact) mass is 146 g/mol. The molecule has 0 aromatic rings. The van der Waals surface area contributed by atoms with Crippen LogP contribution in [0, 0.1) is 0 Å². The van der Waals surface area contributed by atoms with Crippen molar-refractivity contribution in [3.8, 4) is 0 Å². The first-order valence-corrected chi connectivity index (χ1v) is 3.43. The Hall–Kier alpha value is -0.800. The lowest BCUT2D eigenvalue weighted by Crippen LogP contribution is -2.29. The number of amides is 2. The molecule has 2 amide bonds. The molecule has 1 heterocycles. The molecular formula is C6H11FN2O. The van der Waals surface area contributed by atoms with Gasteiger partial charge in [0.25, 0.3) is 0 Å². The number of carbonyl (C=O) groups excluding carboxylic acids is 1. The second-order valence-corrected chi connectivity index (χ2v) is 2.26. The Morgan fingerprint density at radius 3 is 3.00 bits per heavy atom. The summed E-state index contributed by atoms with van der Waals surface area (Å²) in [5.74, 6) is 0. The number of nitrogens with one attached hydrogen (secondary N) is 1. The van der Waals surface area contributed by atoms with Crippen LogP contribution in [0.3, 0.4) is 0 Å². The van der Waals surface area contributed by atoms with E-state index in [-0.39, 0.29) is 12.7 Å². The van der Waals surface area contributed by atoms with Crippen LogP contribution in [0.1, 0.15) is 6.42 Å². The van der Waals surface area contributed by atoms with E-state index in [0.717, 1.165) is 6.54 Å². The maximum Gasteiger partial charge on any atom is 0.317 e. The van der Waals surface area contributed by atoms with Crippen molar-refractivity contribution >= 4 is 6.03 Å². The molecule has 0 aliphatic carbocycles. The molecule has 1 saturated heterocycles. The van der Waals surface area contributed by atoms with Gasteiger partial charge in [-0.1, -0.05) is 0 Å². The molecule has 0 radical (unpaired) electrons. The smallest absolute Gasteiger partial charge is 0.317 e. The van der Waals surface area contributed by atoms with Gasteiger partial charge in [-0.3, -0.25) is 4.39 Å². The Balaban J connectivity index is 2.20. The summed E-state index contributed by atoms with van der Waals surface area (Å²) < 4.78 is 11.6. The predicted molar refractivity (Wildman–Crippen MR) is 35.6 cm³/mol. The first-order valence-electron chi connectivity index (χ1n) is 3.43. The van der Waals surface area contributed by atoms with E-state index in [1.807, 2.05) is 0 Å². The van der Waals surface area contributed by atoms with Gasteiger partial charge in [-0.25, -0.2) is 4.79 Å². The highest BCUT2D eigenvalue weighted by molar-refractivity contribution is 5.76. The van der Waals surface area contributed by atoms with Crippen LogP contribution in [0.15, 0.2) is 0 Å². The SMILES string of the molecule is O=C1NCCN1CCCF. The molecule has 0 aromatic heterocycles. The lowest BCUT2D eigenvalue weighted by atomic mass is 10.4. The predicted octanol–water partition coefficient (Wildman–Crippen LogP) is 0.371. The van der Waals surface area contributed by atoms with Crippen molar-refractivity contribution in [3.05, 3.63) is 0 Å². The zero-order chi connectivity index (χ0) is 7.40. The van der Waals surface area contributed by atoms with Crippen LogP contribution in [-0.2, 0) is 0 Å². The second kappa shape index (κ2) is 3.39. The Kier molecular flexibility index (Phi) is 2.48. The van der Waals surface area contributed by atoms with Crippen LogP contribution >= 0.6 is 0 Å². The van der Waals surface area contributed by atoms with E-state index in [1.54, 1.807) is 4.90 Å². The van der Waals surface area contributed by atoms with Crippen molar-refractivity contribution < 1.29 is 9.18 Å². The van der Waals surface area contributed by atoms with Crippen LogP contribution in [0.4, 0.5) is 9.18 Å². The molecule has 0 atom stereocenters. The number of urea groups is 1. The molecule has 10 heavy (non-hydrogen) atoms. The van der Waals surface area contributed by atoms with Gasteiger partial charge in [0, 0.05) is 19.6 Å². The molecule has 1 rings (SSSR count). The fraction of sp³-hybridized carbons (Fsp3) is 0.833. The van der Waals surface area contributed by atoms with E-state index < -0.39 is 0 Å². The van der Waals surface area contributed by atoms with Crippen molar-refractivity contribution in [1.29, 1.82) is 0 Å². The minimum Gasteiger partial charge on any atom is -0.336 e. The first-order chi connectivity index (χ1) is 4.84. The molecule has 0 aromatic carbocycles. The molecular weight excluding hydrogens is 135 g/mol. The molecule has 0 spiro atoms. The number of alkyl halides is 1. The number of rotatable bonds is 3. The molecule has 0 unspecified atom stereocenters. The van der Waals surface area contributed by atoms with Gasteiger partial charge in [0.1, 0.15) is 0 Å². The maximum absolute atomic E-state index is 11.6. The highest BCUT2D eigenvalue weighted by Crippen LogP contribution is 1.97. The topological polar surface area (TPSA) is 32.3 Å². The fourth-order valence-electron chi connectivity index (χ4n) is 0.975. The van der Waals surface area contributed by atoms with Crippen molar-refractivity contribution in [2.24, 2.45) is 0 Å². The standard InChI is InChI=1S/C6H11FN2O/c7-2-1-4-9-5-3-8-6(9)10/h1-5H2,(H,8,10). The normalized spacial score (nSPS) is 17.7. The molecule has 3 nitrogen and oxygen atoms in total. The third kappa shape index (κ3) is 1.59. The molecule has 1 fully saturated rings. The zero-order valence-corrected chi connectivity index (χ0v) is 5.77. The van der Waals surface area contributed by atoms with Gasteiger partial charge in [-0.15, -0.1) is 0 Å². The molecule has 1 aliphatic heterocycles. The summed E-state index contributed by atoms with van der Waals surface area (Å²) in [5.41, 5.74) is 0. The number of nitrogens with zero attached hydrogens (tertiary/aromatic N) is 1. The van der Waals surface area contributed by atoms with Crippen LogP contribution in [0.2, 0.25) is 0 Å². The lowest BCUT2D eigenvalue weighted by molar-refractivity contribution is 0.215. The van der Waals surface area contributed by atoms with Gasteiger partial charge < -0.3 is 10.2 Å². The molecule has 0 saturated carbocycles. The van der Waals surface area contributed by atoms with Crippen LogP contribution in [-0.4, -0.2) is 37.2 Å². The Morgan fingerprint density at radius 2 is 2.50 bits per heavy atom. The summed E-state index contributed by atoms with van der Waals surface area (Å²) in [4.78, 5) is 12.4. The van der Waals surface area contributed by atoms with Gasteiger partial charge >= 0.3 is 6.03 Å². The van der Waals surface area contributed by atoms with E-state index in [2.05, 4.69) is 5.32 Å². The summed E-state index contributed by atoms with van der Waals surface area (Å²) in [6.45, 7) is 1.62. The lowest BCUT2D eigenvalue weighted by Gasteiger charge is -2.11. The second-order valence-electron chi connectivity index (χ2n) is 2.26. The summed E-state index contributed by atoms with van der Waals surface area (Å²) in [6.07, 6.45) is 0.452. The Bertz CT molecular complexity index is 129. The summed E-state index contributed by atoms with van der Waals surface area (Å²) in [5, 5.41) is 2.64. The number of hydrogen-bond donors (Lipinski definition) is 1. The summed E-state index contributed by atoms with van der Waals surface area (Å²) >= 11 is 0. The Labute approximate surface area is 59.2 Å². The zero-order valence-electron chi connectivity index (χ0n) is 5.77. The van der Waals surface area contributed by atoms with Gasteiger partial charge in [-0.05, 0) is 6.42 Å². The maximum atomic E-state index is 11.6. The van der Waals surface area contributed by atoms with E-state index >= 15 is 0 Å². The summed E-state index contributed by atoms with van der Waals surface area (Å²) in [7, 11) is 0. The van der Waals surface area contributed by atoms with E-state index in [4.69, 9.17) is 0 Å². The number of hydrogen-bond acceptors (Lipinski definition) is 1. The van der Waals surface area contributed by atoms with E-state index in [1.165, 1.54) is 0 Å². The molecule has 1 aliphatic rings. The fourth-order valence-corrected chi connectivity index (χ4v) is 0.975. The van der Waals surface area contributed by atoms with Gasteiger partial charge in [-0.2, -0.15) is 0 Å². The quantitative estimate of drug-likeness (QED) is 0.613. The van der Waals surface area contributed by atoms with Gasteiger partial charge in [0.15, 0.2) is 0 Å². The minimum absolute atomic E-state index is 0.0616. The van der Waals surface area contributed by atoms with Crippen molar-refractivity contribution in [2.75, 3.05) is 26.3 Å². The average molecular weight is 146 g/mol. The molecule has 1 N–H and O–H groups in total. The van der Waals surface area contributed by atoms with Crippen LogP contribution in [0.25, 0.3) is 0 Å². The van der Waals surface area contributed by atoms with E-state index in [9.17, 15) is 9.18 Å². The molecule has 4 heteroatoms. The number of halogens is 1. The number of carbonyl (C=O) groups is 1. The average Bonchev–Trinajstić information content (AvgIpc) is 2.31. The van der Waals surface area contributed by atoms with Crippen molar-refractivity contribution in [3.63, 3.8) is 0 Å². The van der Waals surface area contributed by atoms with Gasteiger partial charge in [0.05, 0.1) is 6.67 Å². The van der Waals surface area contributed by atoms with Crippen molar-refractivity contribution in [1.82, 2.24) is 10.2 Å². The minimum atomic E-state index is -0.343. The first kappa shape index (κ1) is 7.31. The summed E-state index contributed by atoms with van der Waals surface area (Å²) in [6, 6.07) is -0.0616. The van der Waals surface area contributed by atoms with Gasteiger partial charge in [0.2, 0.25) is 0 Å². The third-order valence-electron chi connectivity index (χ3n) is 1.51. The highest BCUT2D eigenvalue weighted by atomic mass is 19.1. The highest BCUT2D eigenvalue weighted by Gasteiger charge is 2.17.